The molecule has 3 rings (SSSR count). The van der Waals surface area contributed by atoms with Gasteiger partial charge in [0.1, 0.15) is 0 Å². The van der Waals surface area contributed by atoms with Crippen molar-refractivity contribution >= 4 is 45.6 Å². The van der Waals surface area contributed by atoms with Crippen molar-refractivity contribution in [1.82, 2.24) is 0 Å². The second-order valence-electron chi connectivity index (χ2n) is 5.43. The lowest BCUT2D eigenvalue weighted by molar-refractivity contribution is -0.133. The standard InChI is InChI=1S/C19H15ClN2O2/c1-12-6-8-15(20)11-17(12)22-19(24)18(23)21-16-9-7-13-4-2-3-5-14(13)10-16/h2-11H,1H3,(H,21,23)(H,22,24). The van der Waals surface area contributed by atoms with Gasteiger partial charge in [0.15, 0.2) is 0 Å². The van der Waals surface area contributed by atoms with Crippen LogP contribution in [0.3, 0.4) is 0 Å². The minimum absolute atomic E-state index is 0.492. The Bertz CT molecular complexity index is 938. The Morgan fingerprint density at radius 2 is 1.54 bits per heavy atom. The molecule has 0 aliphatic heterocycles. The van der Waals surface area contributed by atoms with Gasteiger partial charge in [-0.1, -0.05) is 48.0 Å². The van der Waals surface area contributed by atoms with Crippen molar-refractivity contribution in [2.75, 3.05) is 10.6 Å². The lowest BCUT2D eigenvalue weighted by Gasteiger charge is -2.09. The third kappa shape index (κ3) is 3.55. The van der Waals surface area contributed by atoms with Crippen LogP contribution in [0.4, 0.5) is 11.4 Å². The lowest BCUT2D eigenvalue weighted by Crippen LogP contribution is -2.29. The molecular formula is C19H15ClN2O2. The topological polar surface area (TPSA) is 58.2 Å². The van der Waals surface area contributed by atoms with Crippen LogP contribution in [-0.2, 0) is 9.59 Å². The van der Waals surface area contributed by atoms with Crippen molar-refractivity contribution in [2.45, 2.75) is 6.92 Å². The van der Waals surface area contributed by atoms with Gasteiger partial charge in [0.2, 0.25) is 0 Å². The van der Waals surface area contributed by atoms with E-state index in [1.54, 1.807) is 24.3 Å². The van der Waals surface area contributed by atoms with E-state index < -0.39 is 11.8 Å². The maximum absolute atomic E-state index is 12.1. The molecule has 0 atom stereocenters. The number of fused-ring (bicyclic) bond motifs is 1. The Balaban J connectivity index is 1.73. The van der Waals surface area contributed by atoms with Gasteiger partial charge < -0.3 is 10.6 Å². The molecule has 0 heterocycles. The van der Waals surface area contributed by atoms with Crippen molar-refractivity contribution in [2.24, 2.45) is 0 Å². The number of anilines is 2. The van der Waals surface area contributed by atoms with Crippen molar-refractivity contribution in [3.63, 3.8) is 0 Å². The highest BCUT2D eigenvalue weighted by Crippen LogP contribution is 2.21. The molecule has 0 bridgehead atoms. The first-order chi connectivity index (χ1) is 11.5. The molecule has 0 aliphatic carbocycles. The van der Waals surface area contributed by atoms with E-state index >= 15 is 0 Å². The number of halogens is 1. The van der Waals surface area contributed by atoms with E-state index in [1.807, 2.05) is 43.3 Å². The zero-order chi connectivity index (χ0) is 17.1. The summed E-state index contributed by atoms with van der Waals surface area (Å²) in [6.07, 6.45) is 0. The number of hydrogen-bond donors (Lipinski definition) is 2. The van der Waals surface area contributed by atoms with E-state index in [2.05, 4.69) is 10.6 Å². The molecule has 120 valence electrons. The van der Waals surface area contributed by atoms with Crippen LogP contribution in [0.2, 0.25) is 5.02 Å². The van der Waals surface area contributed by atoms with Gasteiger partial charge in [-0.05, 0) is 47.5 Å². The molecule has 0 saturated heterocycles. The number of hydrogen-bond acceptors (Lipinski definition) is 2. The fourth-order valence-electron chi connectivity index (χ4n) is 2.36. The Morgan fingerprint density at radius 3 is 2.33 bits per heavy atom. The average Bonchev–Trinajstić information content (AvgIpc) is 2.58. The number of benzene rings is 3. The van der Waals surface area contributed by atoms with Crippen LogP contribution in [0, 0.1) is 6.92 Å². The summed E-state index contributed by atoms with van der Waals surface area (Å²) in [7, 11) is 0. The minimum Gasteiger partial charge on any atom is -0.318 e. The molecule has 0 fully saturated rings. The summed E-state index contributed by atoms with van der Waals surface area (Å²) in [6, 6.07) is 18.4. The van der Waals surface area contributed by atoms with Gasteiger partial charge >= 0.3 is 11.8 Å². The van der Waals surface area contributed by atoms with E-state index in [4.69, 9.17) is 11.6 Å². The Kier molecular flexibility index (Phi) is 4.49. The quantitative estimate of drug-likeness (QED) is 0.681. The highest BCUT2D eigenvalue weighted by Gasteiger charge is 2.15. The van der Waals surface area contributed by atoms with Gasteiger partial charge in [-0.15, -0.1) is 0 Å². The first-order valence-corrected chi connectivity index (χ1v) is 7.78. The van der Waals surface area contributed by atoms with E-state index in [0.717, 1.165) is 16.3 Å². The Hall–Kier alpha value is -2.85. The fourth-order valence-corrected chi connectivity index (χ4v) is 2.54. The summed E-state index contributed by atoms with van der Waals surface area (Å²) in [5.41, 5.74) is 1.91. The molecule has 0 aliphatic rings. The molecule has 0 saturated carbocycles. The van der Waals surface area contributed by atoms with Crippen LogP contribution >= 0.6 is 11.6 Å². The van der Waals surface area contributed by atoms with Gasteiger partial charge in [-0.3, -0.25) is 9.59 Å². The molecular weight excluding hydrogens is 324 g/mol. The first-order valence-electron chi connectivity index (χ1n) is 7.40. The summed E-state index contributed by atoms with van der Waals surface area (Å²) < 4.78 is 0. The predicted molar refractivity (Wildman–Crippen MR) is 97.4 cm³/mol. The zero-order valence-electron chi connectivity index (χ0n) is 13.0. The number of nitrogens with one attached hydrogen (secondary N) is 2. The molecule has 3 aromatic rings. The van der Waals surface area contributed by atoms with Gasteiger partial charge in [0.05, 0.1) is 0 Å². The second-order valence-corrected chi connectivity index (χ2v) is 5.87. The van der Waals surface area contributed by atoms with Crippen LogP contribution in [0.15, 0.2) is 60.7 Å². The van der Waals surface area contributed by atoms with Gasteiger partial charge in [-0.2, -0.15) is 0 Å². The molecule has 24 heavy (non-hydrogen) atoms. The Morgan fingerprint density at radius 1 is 0.833 bits per heavy atom. The smallest absolute Gasteiger partial charge is 0.314 e. The monoisotopic (exact) mass is 338 g/mol. The van der Waals surface area contributed by atoms with Gasteiger partial charge in [0, 0.05) is 16.4 Å². The van der Waals surface area contributed by atoms with E-state index in [1.165, 1.54) is 0 Å². The highest BCUT2D eigenvalue weighted by molar-refractivity contribution is 6.44. The summed E-state index contributed by atoms with van der Waals surface area (Å²) in [6.45, 7) is 1.83. The molecule has 3 aromatic carbocycles. The summed E-state index contributed by atoms with van der Waals surface area (Å²) >= 11 is 5.91. The van der Waals surface area contributed by atoms with Crippen LogP contribution in [0.5, 0.6) is 0 Å². The molecule has 2 N–H and O–H groups in total. The molecule has 0 radical (unpaired) electrons. The minimum atomic E-state index is -0.742. The van der Waals surface area contributed by atoms with E-state index in [-0.39, 0.29) is 0 Å². The summed E-state index contributed by atoms with van der Waals surface area (Å²) in [5.74, 6) is -1.47. The second kappa shape index (κ2) is 6.72. The molecule has 4 nitrogen and oxygen atoms in total. The van der Waals surface area contributed by atoms with Crippen LogP contribution in [0.1, 0.15) is 5.56 Å². The fraction of sp³-hybridized carbons (Fsp3) is 0.0526. The third-order valence-corrected chi connectivity index (χ3v) is 3.90. The number of carbonyl (C=O) groups excluding carboxylic acids is 2. The average molecular weight is 339 g/mol. The maximum Gasteiger partial charge on any atom is 0.314 e. The van der Waals surface area contributed by atoms with Gasteiger partial charge in [0.25, 0.3) is 0 Å². The van der Waals surface area contributed by atoms with Crippen molar-refractivity contribution in [1.29, 1.82) is 0 Å². The number of rotatable bonds is 2. The van der Waals surface area contributed by atoms with E-state index in [0.29, 0.717) is 16.4 Å². The lowest BCUT2D eigenvalue weighted by atomic mass is 10.1. The third-order valence-electron chi connectivity index (χ3n) is 3.66. The molecule has 0 unspecified atom stereocenters. The molecule has 2 amide bonds. The van der Waals surface area contributed by atoms with Crippen molar-refractivity contribution in [3.05, 3.63) is 71.2 Å². The maximum atomic E-state index is 12.1. The summed E-state index contributed by atoms with van der Waals surface area (Å²) in [4.78, 5) is 24.2. The van der Waals surface area contributed by atoms with Crippen LogP contribution in [0.25, 0.3) is 10.8 Å². The van der Waals surface area contributed by atoms with Crippen molar-refractivity contribution in [3.8, 4) is 0 Å². The molecule has 0 spiro atoms. The largest absolute Gasteiger partial charge is 0.318 e. The van der Waals surface area contributed by atoms with Crippen LogP contribution < -0.4 is 10.6 Å². The summed E-state index contributed by atoms with van der Waals surface area (Å²) in [5, 5.41) is 7.72. The first kappa shape index (κ1) is 16.0. The zero-order valence-corrected chi connectivity index (χ0v) is 13.7. The highest BCUT2D eigenvalue weighted by atomic mass is 35.5. The number of amides is 2. The van der Waals surface area contributed by atoms with E-state index in [9.17, 15) is 9.59 Å². The van der Waals surface area contributed by atoms with Crippen LogP contribution in [-0.4, -0.2) is 11.8 Å². The van der Waals surface area contributed by atoms with Gasteiger partial charge in [-0.25, -0.2) is 0 Å². The number of aryl methyl sites for hydroxylation is 1. The normalized spacial score (nSPS) is 10.4. The SMILES string of the molecule is Cc1ccc(Cl)cc1NC(=O)C(=O)Nc1ccc2ccccc2c1. The number of carbonyl (C=O) groups is 2. The van der Waals surface area contributed by atoms with Crippen molar-refractivity contribution < 1.29 is 9.59 Å². The Labute approximate surface area is 144 Å². The molecule has 5 heteroatoms. The molecule has 0 aromatic heterocycles. The predicted octanol–water partition coefficient (Wildman–Crippen LogP) is 4.38.